The molecule has 2 heteroatoms. The molecule has 1 atom stereocenters. The minimum Gasteiger partial charge on any atom is -0.310 e. The smallest absolute Gasteiger partial charge is 0.0625 e. The first-order valence-corrected chi connectivity index (χ1v) is 23.7. The fourth-order valence-corrected chi connectivity index (χ4v) is 10.9. The van der Waals surface area contributed by atoms with E-state index in [4.69, 9.17) is 0 Å². The molecule has 1 unspecified atom stereocenters. The Hall–Kier alpha value is -8.72. The van der Waals surface area contributed by atoms with Crippen molar-refractivity contribution < 1.29 is 0 Å². The van der Waals surface area contributed by atoms with Crippen molar-refractivity contribution in [2.45, 2.75) is 12.3 Å². The third-order valence-electron chi connectivity index (χ3n) is 14.0. The van der Waals surface area contributed by atoms with Gasteiger partial charge in [0.25, 0.3) is 0 Å². The zero-order valence-corrected chi connectivity index (χ0v) is 37.5. The van der Waals surface area contributed by atoms with Crippen LogP contribution in [0.5, 0.6) is 0 Å². The van der Waals surface area contributed by atoms with Gasteiger partial charge in [0.2, 0.25) is 0 Å². The molecular weight excluding hydrogens is 821 g/mol. The molecule has 320 valence electrons. The van der Waals surface area contributed by atoms with Crippen LogP contribution in [0.25, 0.3) is 81.7 Å². The van der Waals surface area contributed by atoms with Crippen molar-refractivity contribution in [1.82, 2.24) is 4.57 Å². The van der Waals surface area contributed by atoms with Gasteiger partial charge < -0.3 is 9.47 Å². The number of para-hydroxylation sites is 2. The molecule has 0 saturated carbocycles. The van der Waals surface area contributed by atoms with E-state index in [-0.39, 0.29) is 5.92 Å². The van der Waals surface area contributed by atoms with Crippen LogP contribution in [0.2, 0.25) is 0 Å². The average Bonchev–Trinajstić information content (AvgIpc) is 3.76. The average molecular weight is 867 g/mol. The first-order valence-electron chi connectivity index (χ1n) is 23.7. The number of hydrogen-bond acceptors (Lipinski definition) is 1. The number of aromatic nitrogens is 1. The van der Waals surface area contributed by atoms with Crippen LogP contribution in [0.15, 0.2) is 261 Å². The Kier molecular flexibility index (Phi) is 9.68. The maximum absolute atomic E-state index is 2.48. The largest absolute Gasteiger partial charge is 0.310 e. The SMILES string of the molecule is c1ccc(C(Cc2ccc3ccccc3c2)c2cc(-c3ccc4c(c3)c3c5ccccc5c5ccccc5c3n4-c3ccccc3)cc(N(c3ccccc3)c3ccc4ccccc4c3)c2)cc1. The Morgan fingerprint density at radius 3 is 1.66 bits per heavy atom. The van der Waals surface area contributed by atoms with Crippen molar-refractivity contribution in [3.05, 3.63) is 278 Å². The van der Waals surface area contributed by atoms with Gasteiger partial charge in [-0.2, -0.15) is 0 Å². The highest BCUT2D eigenvalue weighted by atomic mass is 15.1. The fraction of sp³-hybridized carbons (Fsp3) is 0.0303. The Balaban J connectivity index is 1.09. The van der Waals surface area contributed by atoms with E-state index in [1.807, 2.05) is 0 Å². The molecule has 2 nitrogen and oxygen atoms in total. The number of fused-ring (bicyclic) bond motifs is 10. The molecule has 0 aliphatic rings. The van der Waals surface area contributed by atoms with Crippen LogP contribution in [-0.4, -0.2) is 4.57 Å². The molecule has 1 aromatic heterocycles. The highest BCUT2D eigenvalue weighted by molar-refractivity contribution is 6.32. The van der Waals surface area contributed by atoms with Gasteiger partial charge >= 0.3 is 0 Å². The van der Waals surface area contributed by atoms with Crippen molar-refractivity contribution in [3.63, 3.8) is 0 Å². The fourth-order valence-electron chi connectivity index (χ4n) is 10.9. The minimum atomic E-state index is 0.0734. The molecule has 0 N–H and O–H groups in total. The molecule has 0 saturated heterocycles. The summed E-state index contributed by atoms with van der Waals surface area (Å²) in [5.74, 6) is 0.0734. The zero-order chi connectivity index (χ0) is 45.0. The number of benzene rings is 12. The molecule has 0 aliphatic carbocycles. The van der Waals surface area contributed by atoms with Gasteiger partial charge in [0.05, 0.1) is 11.0 Å². The molecule has 12 aromatic carbocycles. The standard InChI is InChI=1S/C66H46N2/c1-4-20-48(21-5-1)62(39-45-32-33-46-18-10-12-22-49(46)38-45)53-40-52(42-57(43-53)67(54-24-6-2-7-25-54)56-36-34-47-19-11-13-23-50(47)41-56)51-35-37-64-63(44-51)65-60-30-16-14-28-58(60)59-29-15-17-31-61(59)66(65)68(64)55-26-8-3-9-27-55/h1-38,40-44,62H,39H2. The molecule has 0 radical (unpaired) electrons. The first-order chi connectivity index (χ1) is 33.7. The van der Waals surface area contributed by atoms with E-state index in [1.165, 1.54) is 92.7 Å². The van der Waals surface area contributed by atoms with Crippen LogP contribution in [0.3, 0.4) is 0 Å². The predicted molar refractivity (Wildman–Crippen MR) is 289 cm³/mol. The van der Waals surface area contributed by atoms with Gasteiger partial charge in [0, 0.05) is 44.8 Å². The summed E-state index contributed by atoms with van der Waals surface area (Å²) in [5.41, 5.74) is 13.1. The maximum atomic E-state index is 2.48. The lowest BCUT2D eigenvalue weighted by Crippen LogP contribution is -2.12. The minimum absolute atomic E-state index is 0.0734. The molecule has 0 amide bonds. The Labute approximate surface area is 396 Å². The molecule has 0 fully saturated rings. The van der Waals surface area contributed by atoms with Crippen molar-refractivity contribution in [3.8, 4) is 16.8 Å². The van der Waals surface area contributed by atoms with Gasteiger partial charge in [-0.1, -0.05) is 200 Å². The van der Waals surface area contributed by atoms with Crippen molar-refractivity contribution in [1.29, 1.82) is 0 Å². The highest BCUT2D eigenvalue weighted by Gasteiger charge is 2.23. The molecule has 68 heavy (non-hydrogen) atoms. The molecule has 13 rings (SSSR count). The molecular formula is C66H46N2. The normalized spacial score (nSPS) is 12.1. The van der Waals surface area contributed by atoms with Crippen LogP contribution in [0.4, 0.5) is 17.1 Å². The van der Waals surface area contributed by atoms with Gasteiger partial charge in [0.15, 0.2) is 0 Å². The Morgan fingerprint density at radius 1 is 0.338 bits per heavy atom. The van der Waals surface area contributed by atoms with E-state index in [9.17, 15) is 0 Å². The summed E-state index contributed by atoms with van der Waals surface area (Å²) in [7, 11) is 0. The number of rotatable bonds is 9. The second kappa shape index (κ2) is 16.6. The third-order valence-corrected chi connectivity index (χ3v) is 14.0. The molecule has 13 aromatic rings. The summed E-state index contributed by atoms with van der Waals surface area (Å²) in [6, 6.07) is 96.3. The molecule has 0 bridgehead atoms. The number of hydrogen-bond donors (Lipinski definition) is 0. The van der Waals surface area contributed by atoms with E-state index in [1.54, 1.807) is 0 Å². The number of nitrogens with zero attached hydrogens (tertiary/aromatic N) is 2. The zero-order valence-electron chi connectivity index (χ0n) is 37.5. The molecule has 0 spiro atoms. The topological polar surface area (TPSA) is 8.17 Å². The van der Waals surface area contributed by atoms with Crippen molar-refractivity contribution in [2.24, 2.45) is 0 Å². The van der Waals surface area contributed by atoms with E-state index in [0.29, 0.717) is 0 Å². The van der Waals surface area contributed by atoms with E-state index in [0.717, 1.165) is 29.2 Å². The second-order valence-corrected chi connectivity index (χ2v) is 18.1. The van der Waals surface area contributed by atoms with Gasteiger partial charge in [-0.25, -0.2) is 0 Å². The lowest BCUT2D eigenvalue weighted by molar-refractivity contribution is 0.806. The Morgan fingerprint density at radius 2 is 0.926 bits per heavy atom. The van der Waals surface area contributed by atoms with Gasteiger partial charge in [0.1, 0.15) is 0 Å². The van der Waals surface area contributed by atoms with Crippen molar-refractivity contribution in [2.75, 3.05) is 4.90 Å². The summed E-state index contributed by atoms with van der Waals surface area (Å²) >= 11 is 0. The van der Waals surface area contributed by atoms with Crippen LogP contribution >= 0.6 is 0 Å². The summed E-state index contributed by atoms with van der Waals surface area (Å²) in [6.45, 7) is 0. The van der Waals surface area contributed by atoms with E-state index < -0.39 is 0 Å². The first kappa shape index (κ1) is 39.6. The van der Waals surface area contributed by atoms with Crippen LogP contribution in [-0.2, 0) is 6.42 Å². The lowest BCUT2D eigenvalue weighted by atomic mass is 9.84. The number of anilines is 3. The third kappa shape index (κ3) is 6.89. The summed E-state index contributed by atoms with van der Waals surface area (Å²) in [5, 5.41) is 12.5. The molecule has 0 aliphatic heterocycles. The molecule has 1 heterocycles. The van der Waals surface area contributed by atoms with Crippen LogP contribution in [0, 0.1) is 0 Å². The van der Waals surface area contributed by atoms with Gasteiger partial charge in [-0.05, 0) is 133 Å². The van der Waals surface area contributed by atoms with Gasteiger partial charge in [-0.3, -0.25) is 0 Å². The van der Waals surface area contributed by atoms with E-state index in [2.05, 4.69) is 270 Å². The predicted octanol–water partition coefficient (Wildman–Crippen LogP) is 17.9. The van der Waals surface area contributed by atoms with Gasteiger partial charge in [-0.15, -0.1) is 0 Å². The maximum Gasteiger partial charge on any atom is 0.0625 e. The summed E-state index contributed by atoms with van der Waals surface area (Å²) < 4.78 is 2.48. The summed E-state index contributed by atoms with van der Waals surface area (Å²) in [4.78, 5) is 2.44. The lowest BCUT2D eigenvalue weighted by Gasteiger charge is -2.28. The Bertz CT molecular complexity index is 4000. The van der Waals surface area contributed by atoms with Crippen molar-refractivity contribution >= 4 is 82.0 Å². The monoisotopic (exact) mass is 866 g/mol. The quantitative estimate of drug-likeness (QED) is 0.131. The highest BCUT2D eigenvalue weighted by Crippen LogP contribution is 2.46. The van der Waals surface area contributed by atoms with Crippen LogP contribution in [0.1, 0.15) is 22.6 Å². The van der Waals surface area contributed by atoms with E-state index >= 15 is 0 Å². The summed E-state index contributed by atoms with van der Waals surface area (Å²) in [6.07, 6.45) is 0.849. The second-order valence-electron chi connectivity index (χ2n) is 18.1. The van der Waals surface area contributed by atoms with Crippen LogP contribution < -0.4 is 4.90 Å².